The van der Waals surface area contributed by atoms with Gasteiger partial charge in [-0.2, -0.15) is 0 Å². The Morgan fingerprint density at radius 1 is 1.23 bits per heavy atom. The van der Waals surface area contributed by atoms with Gasteiger partial charge in [0.1, 0.15) is 11.4 Å². The number of esters is 1. The quantitative estimate of drug-likeness (QED) is 0.574. The summed E-state index contributed by atoms with van der Waals surface area (Å²) in [6.07, 6.45) is 0.734. The topological polar surface area (TPSA) is 81.9 Å². The summed E-state index contributed by atoms with van der Waals surface area (Å²) in [6, 6.07) is 16.7. The number of aromatic nitrogens is 1. The van der Waals surface area contributed by atoms with Crippen LogP contribution in [0.25, 0.3) is 11.3 Å². The molecule has 0 radical (unpaired) electrons. The van der Waals surface area contributed by atoms with Crippen LogP contribution in [0.5, 0.6) is 5.75 Å². The third-order valence-electron chi connectivity index (χ3n) is 5.28. The molecule has 3 heterocycles. The van der Waals surface area contributed by atoms with Gasteiger partial charge in [-0.1, -0.05) is 29.1 Å². The molecule has 1 aromatic heterocycles. The number of benzene rings is 2. The molecule has 152 valence electrons. The number of ether oxygens (including phenoxy) is 2. The zero-order valence-corrected chi connectivity index (χ0v) is 17.0. The molecule has 0 unspecified atom stereocenters. The highest BCUT2D eigenvalue weighted by molar-refractivity contribution is 8.02. The van der Waals surface area contributed by atoms with Crippen molar-refractivity contribution in [3.05, 3.63) is 60.4 Å². The molecule has 0 spiro atoms. The zero-order valence-electron chi connectivity index (χ0n) is 16.2. The Morgan fingerprint density at radius 3 is 2.83 bits per heavy atom. The molecule has 8 heteroatoms. The number of hydrogen-bond acceptors (Lipinski definition) is 7. The summed E-state index contributed by atoms with van der Waals surface area (Å²) in [5.74, 6) is 0.672. The molecule has 2 aromatic carbocycles. The van der Waals surface area contributed by atoms with Crippen LogP contribution in [-0.4, -0.2) is 29.0 Å². The lowest BCUT2D eigenvalue weighted by atomic mass is 10.1. The summed E-state index contributed by atoms with van der Waals surface area (Å²) >= 11 is 1.38. The Hall–Kier alpha value is -3.26. The van der Waals surface area contributed by atoms with Crippen molar-refractivity contribution >= 4 is 29.3 Å². The van der Waals surface area contributed by atoms with E-state index in [-0.39, 0.29) is 12.5 Å². The predicted octanol–water partition coefficient (Wildman–Crippen LogP) is 4.02. The maximum absolute atomic E-state index is 13.1. The second kappa shape index (κ2) is 7.21. The average molecular weight is 422 g/mol. The molecule has 30 heavy (non-hydrogen) atoms. The molecule has 2 aliphatic rings. The average Bonchev–Trinajstić information content (AvgIpc) is 3.46. The molecule has 0 aliphatic carbocycles. The Morgan fingerprint density at radius 2 is 2.03 bits per heavy atom. The van der Waals surface area contributed by atoms with Gasteiger partial charge in [0.2, 0.25) is 5.91 Å². The van der Waals surface area contributed by atoms with Crippen molar-refractivity contribution in [2.75, 3.05) is 12.0 Å². The number of fused-ring (bicyclic) bond motifs is 3. The number of anilines is 1. The molecular weight excluding hydrogens is 404 g/mol. The van der Waals surface area contributed by atoms with Crippen molar-refractivity contribution in [1.82, 2.24) is 5.16 Å². The van der Waals surface area contributed by atoms with Crippen LogP contribution in [0.3, 0.4) is 0 Å². The molecule has 3 aromatic rings. The summed E-state index contributed by atoms with van der Waals surface area (Å²) in [6.45, 7) is -0.0529. The number of rotatable bonds is 5. The van der Waals surface area contributed by atoms with E-state index in [2.05, 4.69) is 5.16 Å². The van der Waals surface area contributed by atoms with Gasteiger partial charge in [0, 0.05) is 29.4 Å². The third-order valence-corrected chi connectivity index (χ3v) is 6.74. The number of nitrogens with zero attached hydrogens (tertiary/aromatic N) is 2. The minimum Gasteiger partial charge on any atom is -0.497 e. The fourth-order valence-corrected chi connectivity index (χ4v) is 5.21. The maximum atomic E-state index is 13.1. The van der Waals surface area contributed by atoms with Crippen molar-refractivity contribution in [2.45, 2.75) is 29.2 Å². The first-order valence-corrected chi connectivity index (χ1v) is 10.3. The molecule has 1 fully saturated rings. The number of amides is 1. The number of thioether (sulfide) groups is 1. The number of hydrogen-bond donors (Lipinski definition) is 0. The molecule has 7 nitrogen and oxygen atoms in total. The molecule has 0 saturated carbocycles. The lowest BCUT2D eigenvalue weighted by Crippen LogP contribution is -2.47. The summed E-state index contributed by atoms with van der Waals surface area (Å²) < 4.78 is 16.1. The highest BCUT2D eigenvalue weighted by atomic mass is 32.2. The van der Waals surface area contributed by atoms with Gasteiger partial charge >= 0.3 is 5.97 Å². The van der Waals surface area contributed by atoms with E-state index in [1.807, 2.05) is 48.5 Å². The van der Waals surface area contributed by atoms with Crippen LogP contribution in [0.1, 0.15) is 18.6 Å². The monoisotopic (exact) mass is 422 g/mol. The fraction of sp³-hybridized carbons (Fsp3) is 0.227. The Balaban J connectivity index is 1.31. The smallest absolute Gasteiger partial charge is 0.343 e. The van der Waals surface area contributed by atoms with Gasteiger partial charge in [-0.05, 0) is 36.4 Å². The summed E-state index contributed by atoms with van der Waals surface area (Å²) in [5, 5.41) is 4.05. The van der Waals surface area contributed by atoms with Crippen LogP contribution >= 0.6 is 11.8 Å². The van der Waals surface area contributed by atoms with E-state index < -0.39 is 10.8 Å². The second-order valence-corrected chi connectivity index (χ2v) is 8.39. The summed E-state index contributed by atoms with van der Waals surface area (Å²) in [4.78, 5) is 27.0. The predicted molar refractivity (Wildman–Crippen MR) is 110 cm³/mol. The summed E-state index contributed by atoms with van der Waals surface area (Å²) in [7, 11) is 1.61. The third kappa shape index (κ3) is 2.95. The van der Waals surface area contributed by atoms with Crippen LogP contribution in [0.4, 0.5) is 5.69 Å². The van der Waals surface area contributed by atoms with E-state index >= 15 is 0 Å². The van der Waals surface area contributed by atoms with E-state index in [0.29, 0.717) is 24.3 Å². The van der Waals surface area contributed by atoms with E-state index in [9.17, 15) is 9.59 Å². The minimum absolute atomic E-state index is 0.0529. The van der Waals surface area contributed by atoms with E-state index in [1.54, 1.807) is 18.1 Å². The Bertz CT molecular complexity index is 1130. The Labute approximate surface area is 176 Å². The molecule has 0 bridgehead atoms. The van der Waals surface area contributed by atoms with Gasteiger partial charge in [0.15, 0.2) is 17.2 Å². The number of carbonyl (C=O) groups is 2. The standard InChI is InChI=1S/C22H18N2O5S/c1-27-15-8-6-14(7-9-15)17-12-16(29-23-17)13-28-21(26)22-11-10-20(25)24(22)18-4-2-3-5-19(18)30-22/h2-9,12H,10-11,13H2,1H3/t22-/m1/s1. The molecular formula is C22H18N2O5S. The highest BCUT2D eigenvalue weighted by Gasteiger charge is 2.58. The first kappa shape index (κ1) is 18.7. The molecule has 1 amide bonds. The first-order valence-electron chi connectivity index (χ1n) is 9.49. The molecule has 5 rings (SSSR count). The largest absolute Gasteiger partial charge is 0.497 e. The SMILES string of the molecule is COc1ccc(-c2cc(COC(=O)[C@]34CCC(=O)N3c3ccccc3S4)on2)cc1. The van der Waals surface area contributed by atoms with Crippen molar-refractivity contribution in [1.29, 1.82) is 0 Å². The van der Waals surface area contributed by atoms with Crippen LogP contribution in [0.15, 0.2) is 64.0 Å². The van der Waals surface area contributed by atoms with Gasteiger partial charge in [-0.25, -0.2) is 4.79 Å². The maximum Gasteiger partial charge on any atom is 0.343 e. The van der Waals surface area contributed by atoms with Gasteiger partial charge < -0.3 is 14.0 Å². The Kier molecular flexibility index (Phi) is 4.51. The number of carbonyl (C=O) groups excluding carboxylic acids is 2. The lowest BCUT2D eigenvalue weighted by molar-refractivity contribution is -0.148. The van der Waals surface area contributed by atoms with Crippen molar-refractivity contribution < 1.29 is 23.6 Å². The van der Waals surface area contributed by atoms with Crippen LogP contribution in [0, 0.1) is 0 Å². The van der Waals surface area contributed by atoms with Crippen molar-refractivity contribution in [3.63, 3.8) is 0 Å². The van der Waals surface area contributed by atoms with Gasteiger partial charge in [-0.15, -0.1) is 0 Å². The van der Waals surface area contributed by atoms with Crippen LogP contribution < -0.4 is 9.64 Å². The number of methoxy groups -OCH3 is 1. The van der Waals surface area contributed by atoms with E-state index in [0.717, 1.165) is 21.9 Å². The van der Waals surface area contributed by atoms with Gasteiger partial charge in [0.05, 0.1) is 12.8 Å². The van der Waals surface area contributed by atoms with Crippen molar-refractivity contribution in [2.24, 2.45) is 0 Å². The molecule has 2 aliphatic heterocycles. The number of para-hydroxylation sites is 1. The van der Waals surface area contributed by atoms with E-state index in [1.165, 1.54) is 11.8 Å². The zero-order chi connectivity index (χ0) is 20.7. The van der Waals surface area contributed by atoms with Gasteiger partial charge in [0.25, 0.3) is 0 Å². The molecule has 1 atom stereocenters. The van der Waals surface area contributed by atoms with Gasteiger partial charge in [-0.3, -0.25) is 9.69 Å². The molecule has 0 N–H and O–H groups in total. The van der Waals surface area contributed by atoms with Crippen LogP contribution in [0.2, 0.25) is 0 Å². The van der Waals surface area contributed by atoms with Crippen LogP contribution in [-0.2, 0) is 20.9 Å². The normalized spacial score (nSPS) is 19.5. The lowest BCUT2D eigenvalue weighted by Gasteiger charge is -2.28. The summed E-state index contributed by atoms with van der Waals surface area (Å²) in [5.41, 5.74) is 2.27. The van der Waals surface area contributed by atoms with E-state index in [4.69, 9.17) is 14.0 Å². The highest BCUT2D eigenvalue weighted by Crippen LogP contribution is 2.56. The first-order chi connectivity index (χ1) is 14.6. The fourth-order valence-electron chi connectivity index (χ4n) is 3.80. The molecule has 1 saturated heterocycles. The minimum atomic E-state index is -1.04. The second-order valence-electron chi connectivity index (χ2n) is 7.07. The van der Waals surface area contributed by atoms with Crippen molar-refractivity contribution in [3.8, 4) is 17.0 Å².